The maximum Gasteiger partial charge on any atom is 0.410 e. The van der Waals surface area contributed by atoms with Crippen molar-refractivity contribution in [2.45, 2.75) is 6.61 Å². The lowest BCUT2D eigenvalue weighted by atomic mass is 9.81. The zero-order chi connectivity index (χ0) is 13.9. The summed E-state index contributed by atoms with van der Waals surface area (Å²) in [7, 11) is 0. The number of nitrogens with zero attached hydrogens (tertiary/aromatic N) is 1. The van der Waals surface area contributed by atoms with E-state index in [1.54, 1.807) is 0 Å². The van der Waals surface area contributed by atoms with Crippen molar-refractivity contribution in [3.8, 4) is 0 Å². The van der Waals surface area contributed by atoms with Crippen LogP contribution in [0.15, 0.2) is 30.3 Å². The predicted octanol–water partition coefficient (Wildman–Crippen LogP) is 1.68. The minimum Gasteiger partial charge on any atom is -0.481 e. The lowest BCUT2D eigenvalue weighted by Gasteiger charge is -2.44. The van der Waals surface area contributed by atoms with Crippen molar-refractivity contribution in [2.24, 2.45) is 5.41 Å². The number of likely N-dealkylation sites (tertiary alicyclic amines) is 1. The Hall–Kier alpha value is -2.11. The fourth-order valence-electron chi connectivity index (χ4n) is 1.90. The van der Waals surface area contributed by atoms with E-state index < -0.39 is 24.2 Å². The van der Waals surface area contributed by atoms with E-state index in [4.69, 9.17) is 9.84 Å². The fourth-order valence-corrected chi connectivity index (χ4v) is 1.90. The van der Waals surface area contributed by atoms with Gasteiger partial charge in [0.15, 0.2) is 0 Å². The maximum atomic E-state index is 12.7. The van der Waals surface area contributed by atoms with E-state index in [9.17, 15) is 14.0 Å². The van der Waals surface area contributed by atoms with Gasteiger partial charge in [-0.1, -0.05) is 30.3 Å². The molecule has 0 radical (unpaired) electrons. The summed E-state index contributed by atoms with van der Waals surface area (Å²) in [5.74, 6) is -1.22. The summed E-state index contributed by atoms with van der Waals surface area (Å²) in [5.41, 5.74) is -0.613. The number of ether oxygens (including phenoxy) is 1. The lowest BCUT2D eigenvalue weighted by Crippen LogP contribution is -2.63. The molecule has 1 amide bonds. The number of carboxylic acids is 1. The molecule has 6 heteroatoms. The zero-order valence-electron chi connectivity index (χ0n) is 10.2. The molecule has 0 saturated carbocycles. The van der Waals surface area contributed by atoms with Gasteiger partial charge in [0.1, 0.15) is 18.7 Å². The molecule has 2 rings (SSSR count). The first-order valence-electron chi connectivity index (χ1n) is 5.82. The van der Waals surface area contributed by atoms with E-state index in [0.29, 0.717) is 0 Å². The summed E-state index contributed by atoms with van der Waals surface area (Å²) in [6.45, 7) is -1.16. The standard InChI is InChI=1S/C13H14FNO4/c14-7-13(11(16)17)8-15(9-13)12(18)19-6-10-4-2-1-3-5-10/h1-5H,6-9H2,(H,16,17). The molecule has 1 saturated heterocycles. The van der Waals surface area contributed by atoms with Crippen molar-refractivity contribution in [3.63, 3.8) is 0 Å². The molecule has 1 aromatic carbocycles. The highest BCUT2D eigenvalue weighted by atomic mass is 19.1. The van der Waals surface area contributed by atoms with E-state index in [-0.39, 0.29) is 19.7 Å². The molecule has 1 aromatic rings. The van der Waals surface area contributed by atoms with Crippen molar-refractivity contribution in [1.82, 2.24) is 4.90 Å². The van der Waals surface area contributed by atoms with Gasteiger partial charge in [-0.25, -0.2) is 9.18 Å². The van der Waals surface area contributed by atoms with Gasteiger partial charge >= 0.3 is 12.1 Å². The molecular weight excluding hydrogens is 253 g/mol. The fraction of sp³-hybridized carbons (Fsp3) is 0.385. The van der Waals surface area contributed by atoms with Crippen LogP contribution in [-0.4, -0.2) is 41.8 Å². The van der Waals surface area contributed by atoms with E-state index in [1.165, 1.54) is 4.90 Å². The molecule has 1 N–H and O–H groups in total. The van der Waals surface area contributed by atoms with Crippen LogP contribution in [0.2, 0.25) is 0 Å². The highest BCUT2D eigenvalue weighted by Crippen LogP contribution is 2.31. The van der Waals surface area contributed by atoms with Gasteiger partial charge < -0.3 is 14.7 Å². The second-order valence-electron chi connectivity index (χ2n) is 4.62. The zero-order valence-corrected chi connectivity index (χ0v) is 10.2. The molecular formula is C13H14FNO4. The number of amides is 1. The summed E-state index contributed by atoms with van der Waals surface area (Å²) in [6.07, 6.45) is -0.617. The Morgan fingerprint density at radius 2 is 1.95 bits per heavy atom. The van der Waals surface area contributed by atoms with Crippen LogP contribution in [0.4, 0.5) is 9.18 Å². The first kappa shape index (κ1) is 13.3. The number of rotatable bonds is 4. The number of carbonyl (C=O) groups excluding carboxylic acids is 1. The van der Waals surface area contributed by atoms with Crippen molar-refractivity contribution in [2.75, 3.05) is 19.8 Å². The van der Waals surface area contributed by atoms with Crippen LogP contribution in [0.1, 0.15) is 5.56 Å². The molecule has 0 atom stereocenters. The molecule has 1 fully saturated rings. The number of carboxylic acid groups (broad SMARTS) is 1. The molecule has 0 bridgehead atoms. The average molecular weight is 267 g/mol. The summed E-state index contributed by atoms with van der Waals surface area (Å²) in [4.78, 5) is 23.7. The Labute approximate surface area is 109 Å². The van der Waals surface area contributed by atoms with E-state index in [0.717, 1.165) is 5.56 Å². The van der Waals surface area contributed by atoms with Crippen LogP contribution in [0, 0.1) is 5.41 Å². The Morgan fingerprint density at radius 1 is 1.32 bits per heavy atom. The molecule has 1 aliphatic rings. The minimum atomic E-state index is -1.45. The molecule has 5 nitrogen and oxygen atoms in total. The summed E-state index contributed by atoms with van der Waals surface area (Å²) >= 11 is 0. The highest BCUT2D eigenvalue weighted by Gasteiger charge is 2.52. The number of carbonyl (C=O) groups is 2. The first-order chi connectivity index (χ1) is 9.07. The normalized spacial score (nSPS) is 16.6. The molecule has 0 aliphatic carbocycles. The number of alkyl halides is 1. The molecule has 0 aromatic heterocycles. The quantitative estimate of drug-likeness (QED) is 0.901. The Bertz CT molecular complexity index is 471. The predicted molar refractivity (Wildman–Crippen MR) is 64.2 cm³/mol. The first-order valence-corrected chi connectivity index (χ1v) is 5.82. The molecule has 1 heterocycles. The van der Waals surface area contributed by atoms with Crippen LogP contribution in [0.3, 0.4) is 0 Å². The van der Waals surface area contributed by atoms with Crippen LogP contribution < -0.4 is 0 Å². The van der Waals surface area contributed by atoms with Gasteiger partial charge in [0.25, 0.3) is 0 Å². The monoisotopic (exact) mass is 267 g/mol. The average Bonchev–Trinajstić information content (AvgIpc) is 2.36. The van der Waals surface area contributed by atoms with Crippen molar-refractivity contribution >= 4 is 12.1 Å². The third kappa shape index (κ3) is 2.67. The van der Waals surface area contributed by atoms with Gasteiger partial charge in [-0.05, 0) is 5.56 Å². The van der Waals surface area contributed by atoms with Crippen molar-refractivity contribution < 1.29 is 23.8 Å². The summed E-state index contributed by atoms with van der Waals surface area (Å²) in [6, 6.07) is 9.12. The topological polar surface area (TPSA) is 66.8 Å². The molecule has 0 spiro atoms. The molecule has 0 unspecified atom stereocenters. The van der Waals surface area contributed by atoms with Gasteiger partial charge in [0.05, 0.1) is 0 Å². The number of aliphatic carboxylic acids is 1. The second kappa shape index (κ2) is 5.26. The second-order valence-corrected chi connectivity index (χ2v) is 4.62. The molecule has 19 heavy (non-hydrogen) atoms. The Balaban J connectivity index is 1.82. The Kier molecular flexibility index (Phi) is 3.69. The van der Waals surface area contributed by atoms with E-state index in [2.05, 4.69) is 0 Å². The molecule has 1 aliphatic heterocycles. The van der Waals surface area contributed by atoms with Crippen LogP contribution >= 0.6 is 0 Å². The van der Waals surface area contributed by atoms with Gasteiger partial charge in [0, 0.05) is 13.1 Å². The number of hydrogen-bond donors (Lipinski definition) is 1. The van der Waals surface area contributed by atoms with Gasteiger partial charge in [0.2, 0.25) is 0 Å². The van der Waals surface area contributed by atoms with Gasteiger partial charge in [-0.3, -0.25) is 4.79 Å². The Morgan fingerprint density at radius 3 is 2.47 bits per heavy atom. The number of hydrogen-bond acceptors (Lipinski definition) is 3. The molecule has 102 valence electrons. The minimum absolute atomic E-state index is 0.117. The van der Waals surface area contributed by atoms with Crippen LogP contribution in [-0.2, 0) is 16.1 Å². The van der Waals surface area contributed by atoms with E-state index in [1.807, 2.05) is 30.3 Å². The van der Waals surface area contributed by atoms with Gasteiger partial charge in [-0.15, -0.1) is 0 Å². The van der Waals surface area contributed by atoms with Gasteiger partial charge in [-0.2, -0.15) is 0 Å². The summed E-state index contributed by atoms with van der Waals surface area (Å²) in [5, 5.41) is 8.87. The maximum absolute atomic E-state index is 12.7. The smallest absolute Gasteiger partial charge is 0.410 e. The van der Waals surface area contributed by atoms with E-state index >= 15 is 0 Å². The highest BCUT2D eigenvalue weighted by molar-refractivity contribution is 5.80. The van der Waals surface area contributed by atoms with Crippen molar-refractivity contribution in [3.05, 3.63) is 35.9 Å². The SMILES string of the molecule is O=C(OCc1ccccc1)N1CC(CF)(C(=O)O)C1. The number of halogens is 1. The lowest BCUT2D eigenvalue weighted by molar-refractivity contribution is -0.160. The third-order valence-corrected chi connectivity index (χ3v) is 3.16. The van der Waals surface area contributed by atoms with Crippen LogP contribution in [0.25, 0.3) is 0 Å². The summed E-state index contributed by atoms with van der Waals surface area (Å²) < 4.78 is 17.7. The number of benzene rings is 1. The van der Waals surface area contributed by atoms with Crippen LogP contribution in [0.5, 0.6) is 0 Å². The van der Waals surface area contributed by atoms with Crippen molar-refractivity contribution in [1.29, 1.82) is 0 Å². The largest absolute Gasteiger partial charge is 0.481 e. The third-order valence-electron chi connectivity index (χ3n) is 3.16.